The van der Waals surface area contributed by atoms with E-state index in [0.29, 0.717) is 32.5 Å². The number of ether oxygens (including phenoxy) is 1. The van der Waals surface area contributed by atoms with Gasteiger partial charge in [0.1, 0.15) is 5.54 Å². The van der Waals surface area contributed by atoms with Crippen LogP contribution >= 0.6 is 0 Å². The molecule has 3 aliphatic rings. The smallest absolute Gasteiger partial charge is 0.329 e. The molecular formula is C15H24N2O4. The highest BCUT2D eigenvalue weighted by Gasteiger charge is 2.51. The Hall–Kier alpha value is -1.30. The Kier molecular flexibility index (Phi) is 3.82. The minimum Gasteiger partial charge on any atom is -0.479 e. The van der Waals surface area contributed by atoms with Crippen molar-refractivity contribution < 1.29 is 19.4 Å². The third-order valence-corrected chi connectivity index (χ3v) is 5.10. The Balaban J connectivity index is 1.78. The van der Waals surface area contributed by atoms with Gasteiger partial charge in [-0.05, 0) is 32.1 Å². The lowest BCUT2D eigenvalue weighted by Crippen LogP contribution is -2.59. The lowest BCUT2D eigenvalue weighted by atomic mass is 9.91. The normalized spacial score (nSPS) is 35.3. The molecule has 3 fully saturated rings. The second-order valence-electron chi connectivity index (χ2n) is 6.49. The van der Waals surface area contributed by atoms with Crippen LogP contribution in [0.25, 0.3) is 0 Å². The van der Waals surface area contributed by atoms with Crippen LogP contribution in [0, 0.1) is 0 Å². The molecular weight excluding hydrogens is 272 g/mol. The fourth-order valence-corrected chi connectivity index (χ4v) is 4.10. The number of carbonyl (C=O) groups is 2. The maximum absolute atomic E-state index is 12.8. The largest absolute Gasteiger partial charge is 0.479 e. The van der Waals surface area contributed by atoms with Crippen LogP contribution in [0.2, 0.25) is 0 Å². The van der Waals surface area contributed by atoms with Crippen molar-refractivity contribution in [1.29, 1.82) is 0 Å². The minimum atomic E-state index is -0.997. The zero-order valence-corrected chi connectivity index (χ0v) is 12.6. The van der Waals surface area contributed by atoms with Crippen molar-refractivity contribution >= 4 is 12.0 Å². The van der Waals surface area contributed by atoms with E-state index in [1.165, 1.54) is 0 Å². The molecule has 0 saturated carbocycles. The zero-order valence-electron chi connectivity index (χ0n) is 12.6. The van der Waals surface area contributed by atoms with E-state index in [4.69, 9.17) is 4.74 Å². The van der Waals surface area contributed by atoms with Crippen molar-refractivity contribution in [3.05, 3.63) is 0 Å². The van der Waals surface area contributed by atoms with Crippen LogP contribution in [0.3, 0.4) is 0 Å². The number of rotatable bonds is 3. The number of carbonyl (C=O) groups excluding carboxylic acids is 1. The van der Waals surface area contributed by atoms with Crippen molar-refractivity contribution in [2.45, 2.75) is 63.2 Å². The quantitative estimate of drug-likeness (QED) is 0.860. The molecule has 6 nitrogen and oxygen atoms in total. The number of carboxylic acid groups (broad SMARTS) is 1. The highest BCUT2D eigenvalue weighted by molar-refractivity contribution is 5.87. The first-order valence-electron chi connectivity index (χ1n) is 8.02. The Labute approximate surface area is 125 Å². The fourth-order valence-electron chi connectivity index (χ4n) is 4.10. The Morgan fingerprint density at radius 3 is 2.52 bits per heavy atom. The summed E-state index contributed by atoms with van der Waals surface area (Å²) in [6, 6.07) is -0.108. The summed E-state index contributed by atoms with van der Waals surface area (Å²) in [7, 11) is 0. The van der Waals surface area contributed by atoms with Crippen LogP contribution in [0.4, 0.5) is 4.79 Å². The molecule has 0 aromatic rings. The molecule has 1 N–H and O–H groups in total. The number of aliphatic carboxylic acids is 1. The molecule has 0 aromatic carbocycles. The van der Waals surface area contributed by atoms with Gasteiger partial charge in [-0.1, -0.05) is 13.3 Å². The number of hydrogen-bond acceptors (Lipinski definition) is 3. The molecule has 3 heterocycles. The summed E-state index contributed by atoms with van der Waals surface area (Å²) in [6.45, 7) is 3.74. The molecule has 2 amide bonds. The van der Waals surface area contributed by atoms with Crippen LogP contribution < -0.4 is 0 Å². The van der Waals surface area contributed by atoms with E-state index >= 15 is 0 Å². The van der Waals surface area contributed by atoms with Crippen LogP contribution in [0.1, 0.15) is 45.4 Å². The summed E-state index contributed by atoms with van der Waals surface area (Å²) < 4.78 is 5.76. The maximum atomic E-state index is 12.8. The molecule has 0 aromatic heterocycles. The van der Waals surface area contributed by atoms with E-state index in [1.54, 1.807) is 4.90 Å². The highest BCUT2D eigenvalue weighted by atomic mass is 16.5. The summed E-state index contributed by atoms with van der Waals surface area (Å²) in [4.78, 5) is 28.1. The number of nitrogens with zero attached hydrogens (tertiary/aromatic N) is 2. The van der Waals surface area contributed by atoms with Gasteiger partial charge in [0.15, 0.2) is 0 Å². The molecule has 2 bridgehead atoms. The third kappa shape index (κ3) is 2.39. The molecule has 3 atom stereocenters. The number of likely N-dealkylation sites (tertiary alicyclic amines) is 2. The van der Waals surface area contributed by atoms with Gasteiger partial charge in [0, 0.05) is 19.6 Å². The van der Waals surface area contributed by atoms with Gasteiger partial charge in [0.25, 0.3) is 0 Å². The third-order valence-electron chi connectivity index (χ3n) is 5.10. The van der Waals surface area contributed by atoms with Crippen molar-refractivity contribution in [1.82, 2.24) is 9.80 Å². The zero-order chi connectivity index (χ0) is 15.0. The molecule has 0 spiro atoms. The summed E-state index contributed by atoms with van der Waals surface area (Å²) in [5.74, 6) is -0.855. The van der Waals surface area contributed by atoms with Crippen LogP contribution in [0.15, 0.2) is 0 Å². The molecule has 3 saturated heterocycles. The first-order valence-corrected chi connectivity index (χ1v) is 8.02. The minimum absolute atomic E-state index is 0.108. The Morgan fingerprint density at radius 2 is 1.95 bits per heavy atom. The average molecular weight is 296 g/mol. The monoisotopic (exact) mass is 296 g/mol. The summed E-state index contributed by atoms with van der Waals surface area (Å²) in [6.07, 6.45) is 4.94. The fraction of sp³-hybridized carbons (Fsp3) is 0.867. The van der Waals surface area contributed by atoms with Crippen LogP contribution in [0.5, 0.6) is 0 Å². The SMILES string of the molecule is CCCC1(C(=O)O)CCCN1C(=O)N1CC2CCC(C1)O2. The predicted molar refractivity (Wildman–Crippen MR) is 76.1 cm³/mol. The van der Waals surface area contributed by atoms with Crippen molar-refractivity contribution in [3.8, 4) is 0 Å². The number of morpholine rings is 1. The standard InChI is InChI=1S/C15H24N2O4/c1-2-6-15(13(18)19)7-3-8-17(15)14(20)16-9-11-4-5-12(10-16)21-11/h11-12H,2-10H2,1H3,(H,18,19). The van der Waals surface area contributed by atoms with E-state index in [0.717, 1.165) is 25.7 Å². The number of fused-ring (bicyclic) bond motifs is 2. The van der Waals surface area contributed by atoms with E-state index in [2.05, 4.69) is 0 Å². The van der Waals surface area contributed by atoms with E-state index in [1.807, 2.05) is 11.8 Å². The molecule has 3 unspecified atom stereocenters. The number of hydrogen-bond donors (Lipinski definition) is 1. The molecule has 21 heavy (non-hydrogen) atoms. The van der Waals surface area contributed by atoms with Gasteiger partial charge in [-0.3, -0.25) is 0 Å². The second kappa shape index (κ2) is 5.48. The van der Waals surface area contributed by atoms with Crippen molar-refractivity contribution in [2.24, 2.45) is 0 Å². The lowest BCUT2D eigenvalue weighted by molar-refractivity contribution is -0.149. The van der Waals surface area contributed by atoms with Gasteiger partial charge in [-0.15, -0.1) is 0 Å². The Morgan fingerprint density at radius 1 is 1.29 bits per heavy atom. The molecule has 6 heteroatoms. The Bertz CT molecular complexity index is 429. The summed E-state index contributed by atoms with van der Waals surface area (Å²) in [5.41, 5.74) is -0.997. The van der Waals surface area contributed by atoms with Gasteiger partial charge < -0.3 is 19.6 Å². The van der Waals surface area contributed by atoms with Gasteiger partial charge in [0.05, 0.1) is 12.2 Å². The first-order chi connectivity index (χ1) is 10.1. The van der Waals surface area contributed by atoms with Crippen molar-refractivity contribution in [3.63, 3.8) is 0 Å². The average Bonchev–Trinajstić information content (AvgIpc) is 3.03. The van der Waals surface area contributed by atoms with E-state index in [-0.39, 0.29) is 18.2 Å². The van der Waals surface area contributed by atoms with Gasteiger partial charge in [-0.2, -0.15) is 0 Å². The molecule has 3 aliphatic heterocycles. The summed E-state index contributed by atoms with van der Waals surface area (Å²) in [5, 5.41) is 9.69. The van der Waals surface area contributed by atoms with Gasteiger partial charge in [0.2, 0.25) is 0 Å². The molecule has 0 radical (unpaired) electrons. The van der Waals surface area contributed by atoms with Gasteiger partial charge in [-0.25, -0.2) is 9.59 Å². The molecule has 0 aliphatic carbocycles. The predicted octanol–water partition coefficient (Wildman–Crippen LogP) is 1.69. The second-order valence-corrected chi connectivity index (χ2v) is 6.49. The first kappa shape index (κ1) is 14.6. The van der Waals surface area contributed by atoms with Crippen molar-refractivity contribution in [2.75, 3.05) is 19.6 Å². The number of carboxylic acids is 1. The van der Waals surface area contributed by atoms with Gasteiger partial charge >= 0.3 is 12.0 Å². The lowest BCUT2D eigenvalue weighted by Gasteiger charge is -2.40. The summed E-state index contributed by atoms with van der Waals surface area (Å²) >= 11 is 0. The van der Waals surface area contributed by atoms with E-state index in [9.17, 15) is 14.7 Å². The van der Waals surface area contributed by atoms with Crippen LogP contribution in [-0.2, 0) is 9.53 Å². The topological polar surface area (TPSA) is 70.1 Å². The molecule has 3 rings (SSSR count). The maximum Gasteiger partial charge on any atom is 0.329 e. The van der Waals surface area contributed by atoms with E-state index < -0.39 is 11.5 Å². The number of urea groups is 1. The molecule has 118 valence electrons. The van der Waals surface area contributed by atoms with Crippen LogP contribution in [-0.4, -0.2) is 64.3 Å². The number of amides is 2. The highest BCUT2D eigenvalue weighted by Crippen LogP contribution is 2.36.